The highest BCUT2D eigenvalue weighted by Crippen LogP contribution is 2.44. The highest BCUT2D eigenvalue weighted by Gasteiger charge is 2.35. The normalized spacial score (nSPS) is 16.4. The smallest absolute Gasteiger partial charge is 0.416 e. The van der Waals surface area contributed by atoms with Gasteiger partial charge in [0.05, 0.1) is 17.8 Å². The highest BCUT2D eigenvalue weighted by atomic mass is 19.4. The minimum Gasteiger partial charge on any atom is -0.478 e. The SMILES string of the molecule is Cc1ccc(C(F)(F)F)c(C2=C(c3ccc(CC4CN(CCCF)C4)cc3)c3ccc(C(=O)O)cc3CCC2)c1. The Morgan fingerprint density at radius 3 is 2.40 bits per heavy atom. The molecular weight excluding hydrogens is 518 g/mol. The molecule has 0 atom stereocenters. The van der Waals surface area contributed by atoms with Crippen LogP contribution in [0.25, 0.3) is 11.1 Å². The van der Waals surface area contributed by atoms with Crippen molar-refractivity contribution in [1.29, 1.82) is 0 Å². The predicted octanol–water partition coefficient (Wildman–Crippen LogP) is 7.84. The number of halogens is 4. The number of fused-ring (bicyclic) bond motifs is 1. The first-order chi connectivity index (χ1) is 19.1. The maximum Gasteiger partial charge on any atom is 0.416 e. The van der Waals surface area contributed by atoms with Crippen molar-refractivity contribution in [2.75, 3.05) is 26.3 Å². The van der Waals surface area contributed by atoms with E-state index in [9.17, 15) is 27.5 Å². The molecule has 210 valence electrons. The van der Waals surface area contributed by atoms with Crippen molar-refractivity contribution in [2.24, 2.45) is 5.92 Å². The number of benzene rings is 3. The molecule has 40 heavy (non-hydrogen) atoms. The quantitative estimate of drug-likeness (QED) is 0.290. The van der Waals surface area contributed by atoms with Gasteiger partial charge in [-0.2, -0.15) is 13.2 Å². The van der Waals surface area contributed by atoms with Crippen LogP contribution in [-0.2, 0) is 19.0 Å². The summed E-state index contributed by atoms with van der Waals surface area (Å²) in [5.74, 6) is -0.519. The van der Waals surface area contributed by atoms with Crippen LogP contribution >= 0.6 is 0 Å². The number of carboxylic acids is 1. The molecule has 0 aromatic heterocycles. The number of aromatic carboxylic acids is 1. The van der Waals surface area contributed by atoms with Gasteiger partial charge in [-0.05, 0) is 102 Å². The monoisotopic (exact) mass is 551 g/mol. The van der Waals surface area contributed by atoms with Gasteiger partial charge in [0.2, 0.25) is 0 Å². The van der Waals surface area contributed by atoms with Crippen molar-refractivity contribution in [3.8, 4) is 0 Å². The molecule has 1 heterocycles. The van der Waals surface area contributed by atoms with Crippen LogP contribution in [0.2, 0.25) is 0 Å². The third kappa shape index (κ3) is 5.99. The minimum absolute atomic E-state index is 0.171. The Labute approximate surface area is 232 Å². The van der Waals surface area contributed by atoms with Gasteiger partial charge in [0.15, 0.2) is 0 Å². The third-order valence-electron chi connectivity index (χ3n) is 8.01. The van der Waals surface area contributed by atoms with Crippen molar-refractivity contribution in [3.05, 3.63) is 105 Å². The Bertz CT molecular complexity index is 1420. The number of likely N-dealkylation sites (tertiary alicyclic amines) is 1. The lowest BCUT2D eigenvalue weighted by Crippen LogP contribution is -2.47. The molecule has 3 aromatic rings. The number of carbonyl (C=O) groups is 1. The molecule has 1 fully saturated rings. The maximum absolute atomic E-state index is 14.2. The highest BCUT2D eigenvalue weighted by molar-refractivity contribution is 6.01. The molecule has 0 unspecified atom stereocenters. The van der Waals surface area contributed by atoms with Crippen molar-refractivity contribution < 1.29 is 27.5 Å². The van der Waals surface area contributed by atoms with Crippen LogP contribution in [0.15, 0.2) is 60.7 Å². The van der Waals surface area contributed by atoms with E-state index in [1.807, 2.05) is 24.3 Å². The summed E-state index contributed by atoms with van der Waals surface area (Å²) in [5, 5.41) is 9.56. The first-order valence-electron chi connectivity index (χ1n) is 13.8. The number of carboxylic acid groups (broad SMARTS) is 1. The molecule has 5 rings (SSSR count). The first-order valence-corrected chi connectivity index (χ1v) is 13.8. The van der Waals surface area contributed by atoms with E-state index in [0.29, 0.717) is 37.2 Å². The summed E-state index contributed by atoms with van der Waals surface area (Å²) in [6, 6.07) is 17.2. The zero-order chi connectivity index (χ0) is 28.4. The second-order valence-corrected chi connectivity index (χ2v) is 11.0. The largest absolute Gasteiger partial charge is 0.478 e. The van der Waals surface area contributed by atoms with Gasteiger partial charge in [-0.25, -0.2) is 4.79 Å². The van der Waals surface area contributed by atoms with E-state index in [4.69, 9.17) is 0 Å². The van der Waals surface area contributed by atoms with E-state index in [1.165, 1.54) is 12.1 Å². The number of rotatable bonds is 8. The fourth-order valence-electron chi connectivity index (χ4n) is 6.09. The van der Waals surface area contributed by atoms with Crippen molar-refractivity contribution in [2.45, 2.75) is 45.2 Å². The van der Waals surface area contributed by atoms with Crippen LogP contribution in [0.3, 0.4) is 0 Å². The molecule has 0 amide bonds. The molecule has 1 aliphatic carbocycles. The number of alkyl halides is 4. The molecule has 1 saturated heterocycles. The molecule has 1 aliphatic heterocycles. The van der Waals surface area contributed by atoms with Crippen molar-refractivity contribution in [3.63, 3.8) is 0 Å². The average Bonchev–Trinajstić information content (AvgIpc) is 3.08. The van der Waals surface area contributed by atoms with Crippen LogP contribution in [0, 0.1) is 12.8 Å². The van der Waals surface area contributed by atoms with Gasteiger partial charge in [-0.15, -0.1) is 0 Å². The molecule has 2 aliphatic rings. The molecule has 7 heteroatoms. The number of hydrogen-bond acceptors (Lipinski definition) is 2. The van der Waals surface area contributed by atoms with Crippen LogP contribution < -0.4 is 0 Å². The molecule has 0 radical (unpaired) electrons. The van der Waals surface area contributed by atoms with Gasteiger partial charge >= 0.3 is 12.1 Å². The summed E-state index contributed by atoms with van der Waals surface area (Å²) < 4.78 is 55.1. The summed E-state index contributed by atoms with van der Waals surface area (Å²) in [6.07, 6.45) is -1.42. The zero-order valence-electron chi connectivity index (χ0n) is 22.5. The summed E-state index contributed by atoms with van der Waals surface area (Å²) in [5.41, 5.74) is 5.39. The van der Waals surface area contributed by atoms with Crippen molar-refractivity contribution in [1.82, 2.24) is 4.90 Å². The maximum atomic E-state index is 14.2. The van der Waals surface area contributed by atoms with E-state index in [1.54, 1.807) is 25.1 Å². The zero-order valence-corrected chi connectivity index (χ0v) is 22.5. The number of aryl methyl sites for hydroxylation is 2. The number of allylic oxidation sites excluding steroid dienone is 1. The van der Waals surface area contributed by atoms with E-state index in [2.05, 4.69) is 4.90 Å². The Hall–Kier alpha value is -3.45. The molecular formula is C33H33F4NO2. The Balaban J connectivity index is 1.57. The van der Waals surface area contributed by atoms with Crippen LogP contribution in [0.1, 0.15) is 68.6 Å². The Kier molecular flexibility index (Phi) is 8.13. The molecule has 0 spiro atoms. The molecule has 3 aromatic carbocycles. The number of hydrogen-bond donors (Lipinski definition) is 1. The van der Waals surface area contributed by atoms with E-state index >= 15 is 0 Å². The third-order valence-corrected chi connectivity index (χ3v) is 8.01. The minimum atomic E-state index is -4.51. The second kappa shape index (κ2) is 11.6. The number of nitrogens with zero attached hydrogens (tertiary/aromatic N) is 1. The lowest BCUT2D eigenvalue weighted by molar-refractivity contribution is -0.137. The van der Waals surface area contributed by atoms with Gasteiger partial charge in [0.1, 0.15) is 0 Å². The van der Waals surface area contributed by atoms with E-state index in [0.717, 1.165) is 65.5 Å². The van der Waals surface area contributed by atoms with E-state index < -0.39 is 17.7 Å². The standard InChI is InChI=1S/C33H33F4NO2/c1-21-6-13-30(33(35,36)37)29(16-21)28-5-2-4-25-18-26(32(39)40)11-12-27(25)31(28)24-9-7-22(8-10-24)17-23-19-38(20-23)15-3-14-34/h6-13,16,18,23H,2-5,14-15,17,19-20H2,1H3,(H,39,40). The van der Waals surface area contributed by atoms with Crippen LogP contribution in [-0.4, -0.2) is 42.3 Å². The van der Waals surface area contributed by atoms with Crippen LogP contribution in [0.4, 0.5) is 17.6 Å². The fraction of sp³-hybridized carbons (Fsp3) is 0.364. The topological polar surface area (TPSA) is 40.5 Å². The molecule has 1 N–H and O–H groups in total. The van der Waals surface area contributed by atoms with Gasteiger partial charge < -0.3 is 10.0 Å². The summed E-state index contributed by atoms with van der Waals surface area (Å²) >= 11 is 0. The lowest BCUT2D eigenvalue weighted by atomic mass is 9.84. The Morgan fingerprint density at radius 1 is 0.975 bits per heavy atom. The van der Waals surface area contributed by atoms with Gasteiger partial charge in [0.25, 0.3) is 0 Å². The Morgan fingerprint density at radius 2 is 1.73 bits per heavy atom. The van der Waals surface area contributed by atoms with Gasteiger partial charge in [-0.3, -0.25) is 4.39 Å². The summed E-state index contributed by atoms with van der Waals surface area (Å²) in [6.45, 7) is 4.18. The van der Waals surface area contributed by atoms with E-state index in [-0.39, 0.29) is 17.8 Å². The fourth-order valence-corrected chi connectivity index (χ4v) is 6.09. The van der Waals surface area contributed by atoms with Crippen molar-refractivity contribution >= 4 is 17.1 Å². The average molecular weight is 552 g/mol. The summed E-state index contributed by atoms with van der Waals surface area (Å²) in [7, 11) is 0. The second-order valence-electron chi connectivity index (χ2n) is 11.0. The summed E-state index contributed by atoms with van der Waals surface area (Å²) in [4.78, 5) is 13.9. The first kappa shape index (κ1) is 28.1. The lowest BCUT2D eigenvalue weighted by Gasteiger charge is -2.39. The van der Waals surface area contributed by atoms with Crippen LogP contribution in [0.5, 0.6) is 0 Å². The van der Waals surface area contributed by atoms with Gasteiger partial charge in [0, 0.05) is 19.6 Å². The molecule has 0 saturated carbocycles. The van der Waals surface area contributed by atoms with Gasteiger partial charge in [-0.1, -0.05) is 48.0 Å². The molecule has 0 bridgehead atoms. The molecule has 3 nitrogen and oxygen atoms in total. The predicted molar refractivity (Wildman–Crippen MR) is 149 cm³/mol.